The van der Waals surface area contributed by atoms with Gasteiger partial charge in [0, 0.05) is 17.8 Å². The number of carbonyl (C=O) groups excluding carboxylic acids is 1. The Morgan fingerprint density at radius 1 is 1.12 bits per heavy atom. The molecule has 0 unspecified atom stereocenters. The number of aromatic nitrogens is 2. The van der Waals surface area contributed by atoms with Crippen molar-refractivity contribution in [3.8, 4) is 11.5 Å². The van der Waals surface area contributed by atoms with Gasteiger partial charge in [-0.05, 0) is 38.1 Å². The predicted octanol–water partition coefficient (Wildman–Crippen LogP) is 4.33. The zero-order chi connectivity index (χ0) is 18.4. The standard InChI is InChI=1S/C20H21N3O2S/c1-3-23(17-7-5-4-6-8-17)19(24)14-26-13-18-21-20(25-22-18)16-11-9-15(2)10-12-16/h4-12H,3,13-14H2,1-2H3. The van der Waals surface area contributed by atoms with Crippen molar-refractivity contribution < 1.29 is 9.32 Å². The lowest BCUT2D eigenvalue weighted by molar-refractivity contribution is -0.116. The van der Waals surface area contributed by atoms with Crippen LogP contribution in [0.25, 0.3) is 11.5 Å². The summed E-state index contributed by atoms with van der Waals surface area (Å²) in [5.74, 6) is 2.09. The molecule has 0 radical (unpaired) electrons. The molecule has 0 fully saturated rings. The van der Waals surface area contributed by atoms with Crippen LogP contribution in [0.4, 0.5) is 5.69 Å². The lowest BCUT2D eigenvalue weighted by atomic mass is 10.1. The van der Waals surface area contributed by atoms with Crippen molar-refractivity contribution in [3.63, 3.8) is 0 Å². The molecule has 1 heterocycles. The Morgan fingerprint density at radius 3 is 2.54 bits per heavy atom. The van der Waals surface area contributed by atoms with E-state index in [4.69, 9.17) is 4.52 Å². The number of benzene rings is 2. The molecule has 0 spiro atoms. The molecule has 0 saturated carbocycles. The van der Waals surface area contributed by atoms with Gasteiger partial charge in [0.2, 0.25) is 5.91 Å². The number of rotatable bonds is 7. The van der Waals surface area contributed by atoms with Gasteiger partial charge in [0.25, 0.3) is 5.89 Å². The fourth-order valence-electron chi connectivity index (χ4n) is 2.54. The molecule has 0 atom stereocenters. The van der Waals surface area contributed by atoms with E-state index in [-0.39, 0.29) is 5.91 Å². The van der Waals surface area contributed by atoms with Gasteiger partial charge in [-0.2, -0.15) is 4.98 Å². The first-order valence-electron chi connectivity index (χ1n) is 8.50. The van der Waals surface area contributed by atoms with Crippen molar-refractivity contribution in [2.24, 2.45) is 0 Å². The summed E-state index contributed by atoms with van der Waals surface area (Å²) in [6, 6.07) is 17.6. The minimum absolute atomic E-state index is 0.0750. The van der Waals surface area contributed by atoms with Crippen LogP contribution in [0.1, 0.15) is 18.3 Å². The molecule has 26 heavy (non-hydrogen) atoms. The molecule has 0 aliphatic heterocycles. The van der Waals surface area contributed by atoms with Crippen molar-refractivity contribution in [1.29, 1.82) is 0 Å². The maximum atomic E-state index is 12.5. The molecule has 2 aromatic carbocycles. The first-order chi connectivity index (χ1) is 12.7. The zero-order valence-electron chi connectivity index (χ0n) is 14.9. The number of para-hydroxylation sites is 1. The minimum Gasteiger partial charge on any atom is -0.334 e. The SMILES string of the molecule is CCN(C(=O)CSCc1noc(-c2ccc(C)cc2)n1)c1ccccc1. The summed E-state index contributed by atoms with van der Waals surface area (Å²) in [6.07, 6.45) is 0. The molecule has 0 N–H and O–H groups in total. The van der Waals surface area contributed by atoms with Crippen molar-refractivity contribution in [2.75, 3.05) is 17.2 Å². The molecule has 0 bridgehead atoms. The van der Waals surface area contributed by atoms with Crippen LogP contribution in [-0.2, 0) is 10.5 Å². The van der Waals surface area contributed by atoms with Crippen LogP contribution in [0, 0.1) is 6.92 Å². The number of carbonyl (C=O) groups is 1. The van der Waals surface area contributed by atoms with Gasteiger partial charge in [0.05, 0.1) is 11.5 Å². The maximum Gasteiger partial charge on any atom is 0.257 e. The van der Waals surface area contributed by atoms with E-state index in [1.54, 1.807) is 4.90 Å². The molecule has 134 valence electrons. The smallest absolute Gasteiger partial charge is 0.257 e. The van der Waals surface area contributed by atoms with Gasteiger partial charge in [-0.1, -0.05) is 41.1 Å². The fourth-order valence-corrected chi connectivity index (χ4v) is 3.28. The average molecular weight is 367 g/mol. The first kappa shape index (κ1) is 18.2. The Hall–Kier alpha value is -2.60. The maximum absolute atomic E-state index is 12.5. The largest absolute Gasteiger partial charge is 0.334 e. The van der Waals surface area contributed by atoms with Gasteiger partial charge >= 0.3 is 0 Å². The number of hydrogen-bond acceptors (Lipinski definition) is 5. The van der Waals surface area contributed by atoms with E-state index in [2.05, 4.69) is 10.1 Å². The van der Waals surface area contributed by atoms with E-state index >= 15 is 0 Å². The predicted molar refractivity (Wildman–Crippen MR) is 105 cm³/mol. The second-order valence-electron chi connectivity index (χ2n) is 5.85. The highest BCUT2D eigenvalue weighted by Crippen LogP contribution is 2.20. The van der Waals surface area contributed by atoms with E-state index in [0.29, 0.717) is 29.8 Å². The Morgan fingerprint density at radius 2 is 1.85 bits per heavy atom. The third kappa shape index (κ3) is 4.52. The number of anilines is 1. The summed E-state index contributed by atoms with van der Waals surface area (Å²) >= 11 is 1.49. The third-order valence-electron chi connectivity index (χ3n) is 3.91. The fraction of sp³-hybridized carbons (Fsp3) is 0.250. The Bertz CT molecular complexity index is 847. The van der Waals surface area contributed by atoms with Gasteiger partial charge in [-0.15, -0.1) is 11.8 Å². The molecule has 6 heteroatoms. The number of nitrogens with zero attached hydrogens (tertiary/aromatic N) is 3. The van der Waals surface area contributed by atoms with Crippen LogP contribution in [0.3, 0.4) is 0 Å². The lowest BCUT2D eigenvalue weighted by Gasteiger charge is -2.20. The van der Waals surface area contributed by atoms with Gasteiger partial charge in [0.1, 0.15) is 0 Å². The van der Waals surface area contributed by atoms with Crippen LogP contribution < -0.4 is 4.90 Å². The van der Waals surface area contributed by atoms with Crippen molar-refractivity contribution in [1.82, 2.24) is 10.1 Å². The Labute approximate surface area is 157 Å². The lowest BCUT2D eigenvalue weighted by Crippen LogP contribution is -2.32. The van der Waals surface area contributed by atoms with E-state index in [1.165, 1.54) is 17.3 Å². The summed E-state index contributed by atoms with van der Waals surface area (Å²) < 4.78 is 5.32. The monoisotopic (exact) mass is 367 g/mol. The van der Waals surface area contributed by atoms with Crippen molar-refractivity contribution >= 4 is 23.4 Å². The van der Waals surface area contributed by atoms with E-state index in [0.717, 1.165) is 11.3 Å². The van der Waals surface area contributed by atoms with Crippen LogP contribution in [0.5, 0.6) is 0 Å². The summed E-state index contributed by atoms with van der Waals surface area (Å²) in [6.45, 7) is 4.65. The first-order valence-corrected chi connectivity index (χ1v) is 9.65. The topological polar surface area (TPSA) is 59.2 Å². The molecule has 3 rings (SSSR count). The highest BCUT2D eigenvalue weighted by molar-refractivity contribution is 7.99. The summed E-state index contributed by atoms with van der Waals surface area (Å²) in [5.41, 5.74) is 3.00. The summed E-state index contributed by atoms with van der Waals surface area (Å²) in [7, 11) is 0. The molecular weight excluding hydrogens is 346 g/mol. The quantitative estimate of drug-likeness (QED) is 0.622. The third-order valence-corrected chi connectivity index (χ3v) is 4.82. The Balaban J connectivity index is 1.55. The molecule has 1 amide bonds. The molecule has 0 aliphatic carbocycles. The van der Waals surface area contributed by atoms with Crippen LogP contribution in [0.15, 0.2) is 59.1 Å². The highest BCUT2D eigenvalue weighted by Gasteiger charge is 2.15. The van der Waals surface area contributed by atoms with E-state index < -0.39 is 0 Å². The van der Waals surface area contributed by atoms with Gasteiger partial charge in [0.15, 0.2) is 5.82 Å². The van der Waals surface area contributed by atoms with Crippen molar-refractivity contribution in [3.05, 3.63) is 66.0 Å². The molecule has 3 aromatic rings. The van der Waals surface area contributed by atoms with E-state index in [9.17, 15) is 4.79 Å². The minimum atomic E-state index is 0.0750. The molecule has 1 aromatic heterocycles. The Kier molecular flexibility index (Phi) is 6.07. The number of amides is 1. The second-order valence-corrected chi connectivity index (χ2v) is 6.83. The van der Waals surface area contributed by atoms with Gasteiger partial charge in [-0.3, -0.25) is 4.79 Å². The highest BCUT2D eigenvalue weighted by atomic mass is 32.2. The van der Waals surface area contributed by atoms with Crippen molar-refractivity contribution in [2.45, 2.75) is 19.6 Å². The number of hydrogen-bond donors (Lipinski definition) is 0. The summed E-state index contributed by atoms with van der Waals surface area (Å²) in [5, 5.41) is 4.00. The number of aryl methyl sites for hydroxylation is 1. The molecule has 0 saturated heterocycles. The van der Waals surface area contributed by atoms with Gasteiger partial charge < -0.3 is 9.42 Å². The summed E-state index contributed by atoms with van der Waals surface area (Å²) in [4.78, 5) is 18.6. The average Bonchev–Trinajstić information content (AvgIpc) is 3.13. The number of thioether (sulfide) groups is 1. The van der Waals surface area contributed by atoms with Crippen LogP contribution >= 0.6 is 11.8 Å². The van der Waals surface area contributed by atoms with Gasteiger partial charge in [-0.25, -0.2) is 0 Å². The normalized spacial score (nSPS) is 10.7. The zero-order valence-corrected chi connectivity index (χ0v) is 15.7. The van der Waals surface area contributed by atoms with Crippen LogP contribution in [0.2, 0.25) is 0 Å². The van der Waals surface area contributed by atoms with Crippen LogP contribution in [-0.4, -0.2) is 28.3 Å². The molecule has 5 nitrogen and oxygen atoms in total. The second kappa shape index (κ2) is 8.67. The molecular formula is C20H21N3O2S. The van der Waals surface area contributed by atoms with E-state index in [1.807, 2.05) is 68.4 Å². The molecule has 0 aliphatic rings.